The van der Waals surface area contributed by atoms with Crippen LogP contribution in [0.5, 0.6) is 0 Å². The van der Waals surface area contributed by atoms with E-state index in [1.54, 1.807) is 12.1 Å². The molecule has 1 atom stereocenters. The Balaban J connectivity index is 1.63. The average molecular weight is 377 g/mol. The first-order valence-electron chi connectivity index (χ1n) is 8.16. The number of amides is 2. The number of benzene rings is 1. The maximum Gasteiger partial charge on any atom is 0.251 e. The van der Waals surface area contributed by atoms with Crippen molar-refractivity contribution in [2.24, 2.45) is 0 Å². The van der Waals surface area contributed by atoms with E-state index in [-0.39, 0.29) is 22.9 Å². The summed E-state index contributed by atoms with van der Waals surface area (Å²) in [6.45, 7) is 0.650. The summed E-state index contributed by atoms with van der Waals surface area (Å²) in [5, 5.41) is 5.35. The molecule has 0 radical (unpaired) electrons. The summed E-state index contributed by atoms with van der Waals surface area (Å²) in [7, 11) is -3.72. The summed E-state index contributed by atoms with van der Waals surface area (Å²) >= 11 is 0. The third kappa shape index (κ3) is 4.30. The maximum atomic E-state index is 12.3. The van der Waals surface area contributed by atoms with Gasteiger partial charge in [0.2, 0.25) is 15.9 Å². The van der Waals surface area contributed by atoms with E-state index in [1.807, 2.05) is 0 Å². The fraction of sp³-hybridized carbons (Fsp3) is 0.294. The predicted octanol–water partition coefficient (Wildman–Crippen LogP) is 0.767. The zero-order chi connectivity index (χ0) is 18.6. The van der Waals surface area contributed by atoms with Gasteiger partial charge in [-0.1, -0.05) is 0 Å². The Morgan fingerprint density at radius 2 is 2.00 bits per heavy atom. The fourth-order valence-electron chi connectivity index (χ4n) is 2.60. The second kappa shape index (κ2) is 7.71. The van der Waals surface area contributed by atoms with Crippen LogP contribution in [0.25, 0.3) is 0 Å². The van der Waals surface area contributed by atoms with E-state index in [2.05, 4.69) is 15.4 Å². The van der Waals surface area contributed by atoms with Crippen LogP contribution < -0.4 is 15.4 Å². The van der Waals surface area contributed by atoms with Crippen LogP contribution in [0.1, 0.15) is 29.0 Å². The van der Waals surface area contributed by atoms with E-state index in [0.717, 1.165) is 6.42 Å². The number of nitrogens with one attached hydrogen (secondary N) is 3. The van der Waals surface area contributed by atoms with Gasteiger partial charge in [-0.15, -0.1) is 0 Å². The van der Waals surface area contributed by atoms with Crippen LogP contribution in [0.2, 0.25) is 0 Å². The molecule has 138 valence electrons. The molecule has 2 aromatic rings. The third-order valence-corrected chi connectivity index (χ3v) is 5.45. The molecule has 1 aliphatic rings. The van der Waals surface area contributed by atoms with E-state index in [9.17, 15) is 18.0 Å². The van der Waals surface area contributed by atoms with Crippen molar-refractivity contribution in [3.05, 3.63) is 54.0 Å². The molecule has 1 aromatic carbocycles. The minimum Gasteiger partial charge on any atom is -0.468 e. The second-order valence-corrected chi connectivity index (χ2v) is 7.65. The number of carbonyl (C=O) groups excluding carboxylic acids is 2. The van der Waals surface area contributed by atoms with Crippen molar-refractivity contribution in [1.82, 2.24) is 15.4 Å². The Bertz CT molecular complexity index is 876. The number of hydrogen-bond acceptors (Lipinski definition) is 5. The van der Waals surface area contributed by atoms with Gasteiger partial charge in [-0.25, -0.2) is 13.1 Å². The molecule has 0 aliphatic carbocycles. The summed E-state index contributed by atoms with van der Waals surface area (Å²) in [6.07, 6.45) is 2.85. The standard InChI is InChI=1S/C17H19N3O5S/c21-16(20-15-4-1-9-18-17(15)22)12-5-7-14(8-6-12)26(23,24)19-11-13-3-2-10-25-13/h2-3,5-8,10,15,19H,1,4,9,11H2,(H,18,22)(H,20,21). The zero-order valence-corrected chi connectivity index (χ0v) is 14.7. The number of sulfonamides is 1. The fourth-order valence-corrected chi connectivity index (χ4v) is 3.59. The third-order valence-electron chi connectivity index (χ3n) is 4.03. The first kappa shape index (κ1) is 18.2. The SMILES string of the molecule is O=C(NC1CCCNC1=O)c1ccc(S(=O)(=O)NCc2ccco2)cc1. The molecule has 2 amide bonds. The predicted molar refractivity (Wildman–Crippen MR) is 92.7 cm³/mol. The van der Waals surface area contributed by atoms with Crippen molar-refractivity contribution in [3.63, 3.8) is 0 Å². The molecule has 8 nitrogen and oxygen atoms in total. The maximum absolute atomic E-state index is 12.3. The lowest BCUT2D eigenvalue weighted by atomic mass is 10.1. The molecular weight excluding hydrogens is 358 g/mol. The highest BCUT2D eigenvalue weighted by atomic mass is 32.2. The lowest BCUT2D eigenvalue weighted by Crippen LogP contribution is -2.50. The van der Waals surface area contributed by atoms with Crippen LogP contribution in [0.15, 0.2) is 52.0 Å². The van der Waals surface area contributed by atoms with Crippen molar-refractivity contribution < 1.29 is 22.4 Å². The van der Waals surface area contributed by atoms with E-state index in [1.165, 1.54) is 30.5 Å². The molecule has 1 unspecified atom stereocenters. The highest BCUT2D eigenvalue weighted by Crippen LogP contribution is 2.12. The largest absolute Gasteiger partial charge is 0.468 e. The Labute approximate surface area is 151 Å². The molecule has 2 heterocycles. The summed E-state index contributed by atoms with van der Waals surface area (Å²) in [4.78, 5) is 24.0. The van der Waals surface area contributed by atoms with Crippen LogP contribution in [-0.2, 0) is 21.4 Å². The number of furan rings is 1. The van der Waals surface area contributed by atoms with Crippen LogP contribution >= 0.6 is 0 Å². The molecule has 1 fully saturated rings. The first-order valence-corrected chi connectivity index (χ1v) is 9.65. The van der Waals surface area contributed by atoms with Crippen molar-refractivity contribution in [2.75, 3.05) is 6.54 Å². The van der Waals surface area contributed by atoms with Gasteiger partial charge in [0.15, 0.2) is 0 Å². The number of carbonyl (C=O) groups is 2. The quantitative estimate of drug-likeness (QED) is 0.687. The molecule has 1 saturated heterocycles. The Hall–Kier alpha value is -2.65. The smallest absolute Gasteiger partial charge is 0.251 e. The molecule has 1 aromatic heterocycles. The van der Waals surface area contributed by atoms with Gasteiger partial charge in [-0.3, -0.25) is 9.59 Å². The van der Waals surface area contributed by atoms with Gasteiger partial charge in [0.25, 0.3) is 5.91 Å². The van der Waals surface area contributed by atoms with E-state index < -0.39 is 22.0 Å². The van der Waals surface area contributed by atoms with Gasteiger partial charge >= 0.3 is 0 Å². The molecule has 0 spiro atoms. The molecule has 9 heteroatoms. The molecule has 1 aliphatic heterocycles. The van der Waals surface area contributed by atoms with E-state index in [0.29, 0.717) is 18.7 Å². The molecule has 3 N–H and O–H groups in total. The number of rotatable bonds is 6. The highest BCUT2D eigenvalue weighted by molar-refractivity contribution is 7.89. The van der Waals surface area contributed by atoms with Gasteiger partial charge in [0.1, 0.15) is 11.8 Å². The lowest BCUT2D eigenvalue weighted by molar-refractivity contribution is -0.124. The number of piperidine rings is 1. The molecule has 0 bridgehead atoms. The number of hydrogen-bond donors (Lipinski definition) is 3. The summed E-state index contributed by atoms with van der Waals surface area (Å²) < 4.78 is 32.0. The van der Waals surface area contributed by atoms with Gasteiger partial charge in [-0.05, 0) is 49.2 Å². The summed E-state index contributed by atoms with van der Waals surface area (Å²) in [6, 6.07) is 8.30. The minimum absolute atomic E-state index is 0.0361. The van der Waals surface area contributed by atoms with Gasteiger partial charge in [0, 0.05) is 12.1 Å². The van der Waals surface area contributed by atoms with E-state index in [4.69, 9.17) is 4.42 Å². The van der Waals surface area contributed by atoms with Crippen LogP contribution in [0.4, 0.5) is 0 Å². The molecule has 26 heavy (non-hydrogen) atoms. The summed E-state index contributed by atoms with van der Waals surface area (Å²) in [5.74, 6) is -0.124. The van der Waals surface area contributed by atoms with Crippen LogP contribution in [-0.4, -0.2) is 32.8 Å². The summed E-state index contributed by atoms with van der Waals surface area (Å²) in [5.41, 5.74) is 0.286. The Morgan fingerprint density at radius 1 is 1.23 bits per heavy atom. The van der Waals surface area contributed by atoms with Gasteiger partial charge in [0.05, 0.1) is 17.7 Å². The topological polar surface area (TPSA) is 118 Å². The average Bonchev–Trinajstić information content (AvgIpc) is 3.16. The monoisotopic (exact) mass is 377 g/mol. The molecule has 3 rings (SSSR count). The van der Waals surface area contributed by atoms with Crippen molar-refractivity contribution in [3.8, 4) is 0 Å². The minimum atomic E-state index is -3.72. The lowest BCUT2D eigenvalue weighted by Gasteiger charge is -2.22. The van der Waals surface area contributed by atoms with Crippen molar-refractivity contribution in [2.45, 2.75) is 30.3 Å². The van der Waals surface area contributed by atoms with Crippen molar-refractivity contribution in [1.29, 1.82) is 0 Å². The van der Waals surface area contributed by atoms with Gasteiger partial charge in [-0.2, -0.15) is 0 Å². The first-order chi connectivity index (χ1) is 12.5. The normalized spacial score (nSPS) is 17.5. The highest BCUT2D eigenvalue weighted by Gasteiger charge is 2.24. The second-order valence-electron chi connectivity index (χ2n) is 5.89. The van der Waals surface area contributed by atoms with Crippen LogP contribution in [0, 0.1) is 0 Å². The zero-order valence-electron chi connectivity index (χ0n) is 13.9. The molecular formula is C17H19N3O5S. The van der Waals surface area contributed by atoms with E-state index >= 15 is 0 Å². The molecule has 0 saturated carbocycles. The van der Waals surface area contributed by atoms with Crippen molar-refractivity contribution >= 4 is 21.8 Å². The Kier molecular flexibility index (Phi) is 5.38. The Morgan fingerprint density at radius 3 is 2.65 bits per heavy atom. The van der Waals surface area contributed by atoms with Gasteiger partial charge < -0.3 is 15.1 Å². The van der Waals surface area contributed by atoms with Crippen LogP contribution in [0.3, 0.4) is 0 Å².